The number of halogens is 1. The van der Waals surface area contributed by atoms with Crippen LogP contribution in [0.2, 0.25) is 0 Å². The summed E-state index contributed by atoms with van der Waals surface area (Å²) in [6.45, 7) is 7.83. The Labute approximate surface area is 108 Å². The van der Waals surface area contributed by atoms with Crippen molar-refractivity contribution < 1.29 is 14.2 Å². The molecule has 0 aliphatic rings. The van der Waals surface area contributed by atoms with E-state index in [0.29, 0.717) is 26.4 Å². The molecule has 98 valence electrons. The van der Waals surface area contributed by atoms with E-state index in [1.165, 1.54) is 0 Å². The molecule has 0 saturated heterocycles. The molecule has 0 bridgehead atoms. The van der Waals surface area contributed by atoms with E-state index in [9.17, 15) is 0 Å². The van der Waals surface area contributed by atoms with E-state index < -0.39 is 0 Å². The van der Waals surface area contributed by atoms with Gasteiger partial charge in [-0.2, -0.15) is 0 Å². The molecule has 0 fully saturated rings. The molecule has 0 aliphatic carbocycles. The van der Waals surface area contributed by atoms with E-state index in [1.54, 1.807) is 7.11 Å². The van der Waals surface area contributed by atoms with Gasteiger partial charge in [0.2, 0.25) is 0 Å². The quantitative estimate of drug-likeness (QED) is 0.433. The lowest BCUT2D eigenvalue weighted by Gasteiger charge is -2.29. The summed E-state index contributed by atoms with van der Waals surface area (Å²) in [5.41, 5.74) is 0.284. The SMILES string of the molecule is CCC(CC)(CBr)COCCOCCOC. The number of hydrogen-bond acceptors (Lipinski definition) is 3. The first-order chi connectivity index (χ1) is 7.74. The summed E-state index contributed by atoms with van der Waals surface area (Å²) in [6.07, 6.45) is 2.28. The largest absolute Gasteiger partial charge is 0.382 e. The lowest BCUT2D eigenvalue weighted by atomic mass is 9.86. The average Bonchev–Trinajstić information content (AvgIpc) is 2.34. The van der Waals surface area contributed by atoms with Crippen LogP contribution in [0.5, 0.6) is 0 Å². The van der Waals surface area contributed by atoms with E-state index >= 15 is 0 Å². The molecule has 0 radical (unpaired) electrons. The third-order valence-electron chi connectivity index (χ3n) is 3.00. The fourth-order valence-electron chi connectivity index (χ4n) is 1.33. The van der Waals surface area contributed by atoms with Crippen molar-refractivity contribution in [2.24, 2.45) is 5.41 Å². The van der Waals surface area contributed by atoms with Gasteiger partial charge in [0.25, 0.3) is 0 Å². The van der Waals surface area contributed by atoms with Crippen molar-refractivity contribution in [3.8, 4) is 0 Å². The second-order valence-electron chi connectivity index (χ2n) is 4.00. The van der Waals surface area contributed by atoms with Crippen molar-refractivity contribution in [2.75, 3.05) is 45.5 Å². The molecule has 0 aromatic heterocycles. The van der Waals surface area contributed by atoms with Crippen molar-refractivity contribution in [1.29, 1.82) is 0 Å². The Morgan fingerprint density at radius 3 is 2.00 bits per heavy atom. The second-order valence-corrected chi connectivity index (χ2v) is 4.56. The van der Waals surface area contributed by atoms with Crippen LogP contribution in [0.15, 0.2) is 0 Å². The highest BCUT2D eigenvalue weighted by atomic mass is 79.9. The van der Waals surface area contributed by atoms with E-state index in [-0.39, 0.29) is 5.41 Å². The second kappa shape index (κ2) is 10.5. The predicted molar refractivity (Wildman–Crippen MR) is 70.3 cm³/mol. The molecule has 16 heavy (non-hydrogen) atoms. The molecular formula is C12H25BrO3. The fraction of sp³-hybridized carbons (Fsp3) is 1.00. The van der Waals surface area contributed by atoms with E-state index in [4.69, 9.17) is 14.2 Å². The van der Waals surface area contributed by atoms with Gasteiger partial charge in [0, 0.05) is 17.9 Å². The van der Waals surface area contributed by atoms with Crippen molar-refractivity contribution in [3.05, 3.63) is 0 Å². The van der Waals surface area contributed by atoms with Crippen molar-refractivity contribution in [3.63, 3.8) is 0 Å². The third-order valence-corrected chi connectivity index (χ3v) is 4.19. The molecule has 0 aromatic rings. The molecule has 0 atom stereocenters. The van der Waals surface area contributed by atoms with Gasteiger partial charge in [-0.3, -0.25) is 0 Å². The Morgan fingerprint density at radius 1 is 0.938 bits per heavy atom. The molecule has 0 heterocycles. The molecule has 0 rings (SSSR count). The summed E-state index contributed by atoms with van der Waals surface area (Å²) < 4.78 is 15.9. The number of hydrogen-bond donors (Lipinski definition) is 0. The topological polar surface area (TPSA) is 27.7 Å². The van der Waals surface area contributed by atoms with Gasteiger partial charge in [-0.25, -0.2) is 0 Å². The first-order valence-corrected chi connectivity index (χ1v) is 7.07. The molecule has 0 N–H and O–H groups in total. The van der Waals surface area contributed by atoms with Crippen LogP contribution in [0.4, 0.5) is 0 Å². The Kier molecular flexibility index (Phi) is 10.7. The molecule has 0 unspecified atom stereocenters. The standard InChI is InChI=1S/C12H25BrO3/c1-4-12(5-2,10-13)11-16-9-8-15-7-6-14-3/h4-11H2,1-3H3. The van der Waals surface area contributed by atoms with Gasteiger partial charge in [0.05, 0.1) is 33.0 Å². The summed E-state index contributed by atoms with van der Waals surface area (Å²) in [5.74, 6) is 0. The van der Waals surface area contributed by atoms with Crippen molar-refractivity contribution in [1.82, 2.24) is 0 Å². The van der Waals surface area contributed by atoms with Crippen LogP contribution >= 0.6 is 15.9 Å². The zero-order valence-corrected chi connectivity index (χ0v) is 12.3. The van der Waals surface area contributed by atoms with Gasteiger partial charge in [-0.05, 0) is 12.8 Å². The van der Waals surface area contributed by atoms with Gasteiger partial charge in [-0.1, -0.05) is 29.8 Å². The maximum Gasteiger partial charge on any atom is 0.0701 e. The number of ether oxygens (including phenoxy) is 3. The summed E-state index contributed by atoms with van der Waals surface area (Å²) in [4.78, 5) is 0. The lowest BCUT2D eigenvalue weighted by Crippen LogP contribution is -2.28. The van der Waals surface area contributed by atoms with Gasteiger partial charge in [0.15, 0.2) is 0 Å². The maximum absolute atomic E-state index is 5.66. The Balaban J connectivity index is 3.48. The summed E-state index contributed by atoms with van der Waals surface area (Å²) >= 11 is 3.57. The number of rotatable bonds is 11. The molecular weight excluding hydrogens is 272 g/mol. The molecule has 0 amide bonds. The van der Waals surface area contributed by atoms with Crippen molar-refractivity contribution >= 4 is 15.9 Å². The minimum Gasteiger partial charge on any atom is -0.382 e. The van der Waals surface area contributed by atoms with E-state index in [1.807, 2.05) is 0 Å². The minimum atomic E-state index is 0.284. The van der Waals surface area contributed by atoms with Crippen LogP contribution in [0.3, 0.4) is 0 Å². The highest BCUT2D eigenvalue weighted by Gasteiger charge is 2.24. The Hall–Kier alpha value is 0.360. The Morgan fingerprint density at radius 2 is 1.50 bits per heavy atom. The molecule has 4 heteroatoms. The van der Waals surface area contributed by atoms with Crippen LogP contribution < -0.4 is 0 Å². The molecule has 0 spiro atoms. The molecule has 3 nitrogen and oxygen atoms in total. The van der Waals surface area contributed by atoms with Crippen LogP contribution in [0.25, 0.3) is 0 Å². The predicted octanol–water partition coefficient (Wildman–Crippen LogP) is 2.87. The van der Waals surface area contributed by atoms with Gasteiger partial charge < -0.3 is 14.2 Å². The zero-order valence-electron chi connectivity index (χ0n) is 10.8. The molecule has 0 aromatic carbocycles. The van der Waals surface area contributed by atoms with Gasteiger partial charge in [-0.15, -0.1) is 0 Å². The number of methoxy groups -OCH3 is 1. The normalized spacial score (nSPS) is 12.0. The molecule has 0 saturated carbocycles. The maximum atomic E-state index is 5.66. The van der Waals surface area contributed by atoms with E-state index in [0.717, 1.165) is 24.8 Å². The average molecular weight is 297 g/mol. The molecule has 0 aliphatic heterocycles. The first-order valence-electron chi connectivity index (χ1n) is 5.95. The smallest absolute Gasteiger partial charge is 0.0701 e. The summed E-state index contributed by atoms with van der Waals surface area (Å²) in [7, 11) is 1.67. The first kappa shape index (κ1) is 16.4. The highest BCUT2D eigenvalue weighted by molar-refractivity contribution is 9.09. The van der Waals surface area contributed by atoms with Crippen LogP contribution in [0.1, 0.15) is 26.7 Å². The minimum absolute atomic E-state index is 0.284. The zero-order chi connectivity index (χ0) is 12.3. The summed E-state index contributed by atoms with van der Waals surface area (Å²) in [6, 6.07) is 0. The van der Waals surface area contributed by atoms with Gasteiger partial charge >= 0.3 is 0 Å². The summed E-state index contributed by atoms with van der Waals surface area (Å²) in [5, 5.41) is 0.998. The monoisotopic (exact) mass is 296 g/mol. The van der Waals surface area contributed by atoms with E-state index in [2.05, 4.69) is 29.8 Å². The third kappa shape index (κ3) is 6.84. The Bertz CT molecular complexity index is 141. The van der Waals surface area contributed by atoms with Gasteiger partial charge in [0.1, 0.15) is 0 Å². The fourth-order valence-corrected chi connectivity index (χ4v) is 2.29. The van der Waals surface area contributed by atoms with Crippen molar-refractivity contribution in [2.45, 2.75) is 26.7 Å². The number of alkyl halides is 1. The lowest BCUT2D eigenvalue weighted by molar-refractivity contribution is -0.00185. The van der Waals surface area contributed by atoms with Crippen LogP contribution in [0, 0.1) is 5.41 Å². The van der Waals surface area contributed by atoms with Crippen LogP contribution in [-0.4, -0.2) is 45.5 Å². The van der Waals surface area contributed by atoms with Crippen LogP contribution in [-0.2, 0) is 14.2 Å². The highest BCUT2D eigenvalue weighted by Crippen LogP contribution is 2.28.